The van der Waals surface area contributed by atoms with Crippen LogP contribution in [-0.4, -0.2) is 252 Å². The van der Waals surface area contributed by atoms with E-state index in [0.717, 1.165) is 29.6 Å². The molecule has 1 unspecified atom stereocenters. The molecular formula is C96H150N2O24. The molecule has 6 N–H and O–H groups in total. The number of allylic oxidation sites excluding steroid dienone is 11. The molecule has 0 aromatic heterocycles. The van der Waals surface area contributed by atoms with Crippen molar-refractivity contribution in [1.29, 1.82) is 0 Å². The molecular weight excluding hydrogens is 1570 g/mol. The van der Waals surface area contributed by atoms with Gasteiger partial charge in [-0.25, -0.2) is 4.79 Å². The van der Waals surface area contributed by atoms with Gasteiger partial charge in [-0.05, 0) is 209 Å². The third-order valence-electron chi connectivity index (χ3n) is 27.9. The lowest BCUT2D eigenvalue weighted by molar-refractivity contribution is -0.302. The number of ether oxygens (including phenoxy) is 9. The maximum absolute atomic E-state index is 14.5. The predicted octanol–water partition coefficient (Wildman–Crippen LogP) is 11.5. The summed E-state index contributed by atoms with van der Waals surface area (Å²) in [6, 6.07) is -2.06. The number of carbonyl (C=O) groups is 9. The second-order valence-electron chi connectivity index (χ2n) is 37.3. The number of cyclic esters (lactones) is 1. The van der Waals surface area contributed by atoms with Gasteiger partial charge in [-0.15, -0.1) is 6.58 Å². The number of ketones is 6. The Labute approximate surface area is 725 Å². The van der Waals surface area contributed by atoms with E-state index in [9.17, 15) is 73.8 Å². The molecule has 0 aromatic rings. The Balaban J connectivity index is 0.000000339. The molecule has 26 nitrogen and oxygen atoms in total. The van der Waals surface area contributed by atoms with E-state index in [4.69, 9.17) is 42.6 Å². The fraction of sp³-hybridized carbons (Fsp3) is 0.760. The number of hydrogen-bond donors (Lipinski definition) is 6. The molecule has 0 spiro atoms. The molecule has 0 radical (unpaired) electrons. The Hall–Kier alpha value is -5.95. The molecule has 4 saturated heterocycles. The molecule has 29 atom stereocenters. The smallest absolute Gasteiger partial charge is 0.329 e. The first-order chi connectivity index (χ1) is 57.7. The van der Waals surface area contributed by atoms with E-state index < -0.39 is 162 Å². The van der Waals surface area contributed by atoms with E-state index >= 15 is 0 Å². The summed E-state index contributed by atoms with van der Waals surface area (Å²) in [5, 5.41) is 68.1. The molecule has 2 amide bonds. The van der Waals surface area contributed by atoms with Gasteiger partial charge in [0.25, 0.3) is 23.4 Å². The van der Waals surface area contributed by atoms with Gasteiger partial charge in [0.15, 0.2) is 11.6 Å². The van der Waals surface area contributed by atoms with Crippen LogP contribution in [0.3, 0.4) is 0 Å². The van der Waals surface area contributed by atoms with Crippen LogP contribution in [0.1, 0.15) is 237 Å². The molecule has 0 aromatic carbocycles. The zero-order chi connectivity index (χ0) is 90.4. The van der Waals surface area contributed by atoms with Crippen molar-refractivity contribution < 1.29 is 116 Å². The monoisotopic (exact) mass is 1720 g/mol. The number of hydrogen-bond acceptors (Lipinski definition) is 24. The van der Waals surface area contributed by atoms with E-state index in [2.05, 4.69) is 19.6 Å². The number of carbonyl (C=O) groups excluding carboxylic acids is 9. The van der Waals surface area contributed by atoms with Crippen LogP contribution in [0.4, 0.5) is 0 Å². The number of rotatable bonds is 13. The SMILES string of the molecule is C=CC[C@@H]1/C=C(\C)C[C@H](C)C[C@H](OC)[C@H]2O[C@@](O)(C(=O)C(=O)N3CCCC[C@H]3C(=O)C[C@H](/C(C)=C/C3CC[C@@H](O)[C@H](OC)C3)[C@H](C)[C@@H](O)CC1=O)[C@H](C)C[C@@H]2OC.CO[C@H]1C[C@@H]2CC[C@@H](C)[C@@](O)(O2)C(=O)C(=O)N2CCCC[C@H]2C(=O)O[C@H]([C@H](C)C[C@@H]2CC[C@@H](O)[C@H](OC)C2)CC(=O)[C@H](C)/C=C(\C)[C@@H](O)[C@@H](OC)C(=O)[C@H](C)C[C@H](C)/C=C/C=CC=C1C. The molecule has 26 heteroatoms. The maximum atomic E-state index is 14.5. The number of Topliss-reactive ketones (excluding diaryl/α,β-unsaturated/α-hetero) is 6. The lowest BCUT2D eigenvalue weighted by atomic mass is 9.75. The molecule has 2 saturated carbocycles. The molecule has 6 heterocycles. The highest BCUT2D eigenvalue weighted by molar-refractivity contribution is 6.39. The van der Waals surface area contributed by atoms with Crippen LogP contribution in [0.15, 0.2) is 83.6 Å². The van der Waals surface area contributed by atoms with Crippen molar-refractivity contribution in [2.24, 2.45) is 71.0 Å². The zero-order valence-electron chi connectivity index (χ0n) is 76.3. The van der Waals surface area contributed by atoms with Crippen LogP contribution < -0.4 is 0 Å². The molecule has 122 heavy (non-hydrogen) atoms. The van der Waals surface area contributed by atoms with Crippen LogP contribution in [0.5, 0.6) is 0 Å². The molecule has 6 aliphatic heterocycles. The Morgan fingerprint density at radius 3 is 1.80 bits per heavy atom. The number of methoxy groups -OCH3 is 6. The van der Waals surface area contributed by atoms with Crippen molar-refractivity contribution in [1.82, 2.24) is 9.80 Å². The van der Waals surface area contributed by atoms with Crippen molar-refractivity contribution in [3.05, 3.63) is 83.6 Å². The molecule has 8 aliphatic rings. The predicted molar refractivity (Wildman–Crippen MR) is 461 cm³/mol. The third-order valence-corrected chi connectivity index (χ3v) is 27.9. The number of esters is 1. The number of amides is 2. The molecule has 688 valence electrons. The Bertz CT molecular complexity index is 3700. The van der Waals surface area contributed by atoms with Crippen LogP contribution in [0.2, 0.25) is 0 Å². The van der Waals surface area contributed by atoms with E-state index in [0.29, 0.717) is 115 Å². The molecule has 2 aliphatic carbocycles. The van der Waals surface area contributed by atoms with Gasteiger partial charge in [0, 0.05) is 111 Å². The largest absolute Gasteiger partial charge is 0.460 e. The highest BCUT2D eigenvalue weighted by Gasteiger charge is 2.58. The van der Waals surface area contributed by atoms with Crippen molar-refractivity contribution in [3.8, 4) is 0 Å². The maximum Gasteiger partial charge on any atom is 0.329 e. The van der Waals surface area contributed by atoms with Gasteiger partial charge in [-0.1, -0.05) is 121 Å². The molecule has 8 rings (SSSR count). The topological polar surface area (TPSA) is 365 Å². The van der Waals surface area contributed by atoms with Crippen LogP contribution >= 0.6 is 0 Å². The van der Waals surface area contributed by atoms with Gasteiger partial charge in [0.1, 0.15) is 42.0 Å². The second kappa shape index (κ2) is 48.3. The van der Waals surface area contributed by atoms with Crippen molar-refractivity contribution in [2.45, 2.75) is 340 Å². The number of aliphatic hydroxyl groups excluding tert-OH is 4. The minimum absolute atomic E-state index is 0.0193. The lowest BCUT2D eigenvalue weighted by Gasteiger charge is -2.47. The fourth-order valence-electron chi connectivity index (χ4n) is 20.0. The summed E-state index contributed by atoms with van der Waals surface area (Å²) >= 11 is 0. The number of nitrogens with zero attached hydrogens (tertiary/aromatic N) is 2. The van der Waals surface area contributed by atoms with Gasteiger partial charge in [-0.2, -0.15) is 0 Å². The van der Waals surface area contributed by atoms with Crippen LogP contribution in [-0.2, 0) is 85.8 Å². The number of aliphatic hydroxyl groups is 6. The van der Waals surface area contributed by atoms with E-state index in [1.807, 2.05) is 84.9 Å². The summed E-state index contributed by atoms with van der Waals surface area (Å²) in [6.07, 6.45) is 18.1. The first-order valence-corrected chi connectivity index (χ1v) is 45.1. The van der Waals surface area contributed by atoms with Crippen molar-refractivity contribution in [2.75, 3.05) is 55.7 Å². The lowest BCUT2D eigenvalue weighted by Crippen LogP contribution is -2.64. The summed E-state index contributed by atoms with van der Waals surface area (Å²) in [5.74, 6) is -15.1. The van der Waals surface area contributed by atoms with Gasteiger partial charge in [-0.3, -0.25) is 38.4 Å². The summed E-state index contributed by atoms with van der Waals surface area (Å²) in [6.45, 7) is 26.3. The van der Waals surface area contributed by atoms with Crippen LogP contribution in [0.25, 0.3) is 0 Å². The highest BCUT2D eigenvalue weighted by Crippen LogP contribution is 2.43. The third kappa shape index (κ3) is 27.1. The average Bonchev–Trinajstić information content (AvgIpc) is 0.769. The summed E-state index contributed by atoms with van der Waals surface area (Å²) in [5.41, 5.74) is 3.12. The Morgan fingerprint density at radius 2 is 1.18 bits per heavy atom. The highest BCUT2D eigenvalue weighted by atomic mass is 16.7. The van der Waals surface area contributed by atoms with Crippen molar-refractivity contribution >= 4 is 52.5 Å². The summed E-state index contributed by atoms with van der Waals surface area (Å²) in [7, 11) is 9.18. The summed E-state index contributed by atoms with van der Waals surface area (Å²) in [4.78, 5) is 130. The van der Waals surface area contributed by atoms with Gasteiger partial charge in [0.05, 0.1) is 61.0 Å². The number of fused-ring (bicyclic) bond motifs is 6. The second-order valence-corrected chi connectivity index (χ2v) is 37.3. The standard InChI is InChI=1S/C51H79NO13.C45H71NO11/c1-30-16-12-11-13-17-31(2)42(61-8)28-38-21-19-36(7)51(60,65-38)48(57)49(58)52-23-15-14-18-39(52)50(59)64-43(33(4)26-37-20-22-40(53)44(27-37)62-9)29-41(54)32(3)25-35(6)46(56)47(63-10)45(55)34(5)24-30;1-10-13-32-19-26(2)18-27(3)20-40(55-8)42-41(56-9)22-29(5)45(53,57-42)43(51)44(52)46-17-12-11-14-34(46)38(50)24-33(30(6)36(48)25-37(32)49)28(4)21-31-15-16-35(47)39(23-31)54-7/h11-13,16-17,25,30,32-34,36-40,42-44,46-47,53,56,60H,14-15,18-24,26-29H2,1-10H3;10,19,21,27,29-36,39-42,47-48,53H,1,11-18,20,22-25H2,2-9H3/b13-11?,16-12+,31-17?,35-25+;26-19+,28-21+/t30-,32-,33-,34-,36-,37+,38+,39+,40-,42+,43+,44-,46-,47+,51-;27-,29+,30-,31?,32+,33+,34-,35+,36-,39+,40-,41-,42+,45+/m10/s1. The van der Waals surface area contributed by atoms with Gasteiger partial charge >= 0.3 is 5.97 Å². The number of piperidine rings is 2. The molecule has 4 bridgehead atoms. The fourth-order valence-corrected chi connectivity index (χ4v) is 20.0. The minimum atomic E-state index is -2.47. The molecule has 6 fully saturated rings. The van der Waals surface area contributed by atoms with E-state index in [-0.39, 0.29) is 110 Å². The van der Waals surface area contributed by atoms with Gasteiger partial charge in [0.2, 0.25) is 11.6 Å². The average molecular weight is 1720 g/mol. The van der Waals surface area contributed by atoms with E-state index in [1.165, 1.54) is 24.0 Å². The minimum Gasteiger partial charge on any atom is -0.460 e. The Morgan fingerprint density at radius 1 is 0.582 bits per heavy atom. The first-order valence-electron chi connectivity index (χ1n) is 45.1. The van der Waals surface area contributed by atoms with E-state index in [1.54, 1.807) is 68.3 Å². The van der Waals surface area contributed by atoms with Crippen molar-refractivity contribution in [3.63, 3.8) is 0 Å². The normalized spacial score (nSPS) is 40.0. The quantitative estimate of drug-likeness (QED) is 0.0566. The van der Waals surface area contributed by atoms with Crippen LogP contribution in [0, 0.1) is 71.0 Å². The summed E-state index contributed by atoms with van der Waals surface area (Å²) < 4.78 is 52.9. The van der Waals surface area contributed by atoms with Gasteiger partial charge < -0.3 is 83.1 Å². The Kier molecular flexibility index (Phi) is 40.8. The first kappa shape index (κ1) is 103. The zero-order valence-corrected chi connectivity index (χ0v) is 76.3.